The van der Waals surface area contributed by atoms with Crippen LogP contribution in [0.25, 0.3) is 11.8 Å². The van der Waals surface area contributed by atoms with Gasteiger partial charge in [0.1, 0.15) is 18.4 Å². The molecule has 1 atom stereocenters. The first-order valence-corrected chi connectivity index (χ1v) is 15.0. The second kappa shape index (κ2) is 13.6. The fourth-order valence-corrected chi connectivity index (χ4v) is 5.84. The number of tetrazole rings is 1. The summed E-state index contributed by atoms with van der Waals surface area (Å²) in [6, 6.07) is 35.2. The Kier molecular flexibility index (Phi) is 9.02. The highest BCUT2D eigenvalue weighted by atomic mass is 16.5. The molecule has 43 heavy (non-hydrogen) atoms. The van der Waals surface area contributed by atoms with Gasteiger partial charge in [-0.15, -0.1) is 5.10 Å². The summed E-state index contributed by atoms with van der Waals surface area (Å²) in [5, 5.41) is 13.4. The molecule has 0 radical (unpaired) electrons. The number of hydrogen-bond acceptors (Lipinski definition) is 6. The van der Waals surface area contributed by atoms with E-state index in [0.717, 1.165) is 72.2 Å². The van der Waals surface area contributed by atoms with E-state index in [1.807, 2.05) is 28.9 Å². The molecule has 0 amide bonds. The molecule has 6 rings (SSSR count). The van der Waals surface area contributed by atoms with E-state index in [2.05, 4.69) is 130 Å². The molecule has 4 aromatic carbocycles. The third-order valence-electron chi connectivity index (χ3n) is 8.09. The van der Waals surface area contributed by atoms with Crippen molar-refractivity contribution in [1.29, 1.82) is 0 Å². The predicted octanol–water partition coefficient (Wildman–Crippen LogP) is 6.28. The second-order valence-electron chi connectivity index (χ2n) is 11.1. The maximum atomic E-state index is 6.48. The molecule has 218 valence electrons. The molecule has 0 spiro atoms. The lowest BCUT2D eigenvalue weighted by Crippen LogP contribution is -2.48. The van der Waals surface area contributed by atoms with Crippen LogP contribution >= 0.6 is 0 Å². The lowest BCUT2D eigenvalue weighted by molar-refractivity contribution is 0.112. The van der Waals surface area contributed by atoms with Crippen LogP contribution in [0.5, 0.6) is 5.75 Å². The fraction of sp³-hybridized carbons (Fsp3) is 0.250. The molecule has 0 bridgehead atoms. The van der Waals surface area contributed by atoms with Gasteiger partial charge in [-0.1, -0.05) is 109 Å². The van der Waals surface area contributed by atoms with Gasteiger partial charge in [0.15, 0.2) is 5.82 Å². The van der Waals surface area contributed by atoms with Crippen molar-refractivity contribution in [3.8, 4) is 11.4 Å². The van der Waals surface area contributed by atoms with E-state index >= 15 is 0 Å². The van der Waals surface area contributed by atoms with Gasteiger partial charge in [-0.2, -0.15) is 4.68 Å². The predicted molar refractivity (Wildman–Crippen MR) is 171 cm³/mol. The van der Waals surface area contributed by atoms with Crippen molar-refractivity contribution in [2.24, 2.45) is 0 Å². The van der Waals surface area contributed by atoms with Gasteiger partial charge in [-0.25, -0.2) is 0 Å². The van der Waals surface area contributed by atoms with Crippen molar-refractivity contribution in [2.45, 2.75) is 26.5 Å². The molecule has 0 aliphatic carbocycles. The molecule has 7 heteroatoms. The van der Waals surface area contributed by atoms with Crippen LogP contribution in [-0.4, -0.2) is 62.7 Å². The lowest BCUT2D eigenvalue weighted by Gasteiger charge is -2.39. The Balaban J connectivity index is 1.30. The highest BCUT2D eigenvalue weighted by Crippen LogP contribution is 2.36. The first-order chi connectivity index (χ1) is 21.2. The largest absolute Gasteiger partial charge is 0.489 e. The third-order valence-corrected chi connectivity index (χ3v) is 8.09. The van der Waals surface area contributed by atoms with Crippen LogP contribution in [0.15, 0.2) is 109 Å². The van der Waals surface area contributed by atoms with Crippen molar-refractivity contribution < 1.29 is 4.74 Å². The average molecular weight is 571 g/mol. The van der Waals surface area contributed by atoms with Crippen LogP contribution in [0.3, 0.4) is 0 Å². The van der Waals surface area contributed by atoms with E-state index in [1.54, 1.807) is 0 Å². The Morgan fingerprint density at radius 1 is 0.767 bits per heavy atom. The van der Waals surface area contributed by atoms with Crippen molar-refractivity contribution in [3.05, 3.63) is 143 Å². The summed E-state index contributed by atoms with van der Waals surface area (Å²) >= 11 is 0. The zero-order valence-corrected chi connectivity index (χ0v) is 24.9. The molecule has 1 aromatic heterocycles. The van der Waals surface area contributed by atoms with Crippen molar-refractivity contribution in [1.82, 2.24) is 30.0 Å². The van der Waals surface area contributed by atoms with E-state index in [-0.39, 0.29) is 6.04 Å². The van der Waals surface area contributed by atoms with E-state index in [1.165, 1.54) is 5.56 Å². The van der Waals surface area contributed by atoms with Gasteiger partial charge in [0.05, 0.1) is 5.69 Å². The van der Waals surface area contributed by atoms with Crippen LogP contribution in [0.4, 0.5) is 0 Å². The summed E-state index contributed by atoms with van der Waals surface area (Å²) in [4.78, 5) is 5.00. The van der Waals surface area contributed by atoms with Crippen LogP contribution in [0.1, 0.15) is 39.7 Å². The number of benzene rings is 4. The Morgan fingerprint density at radius 2 is 1.44 bits per heavy atom. The summed E-state index contributed by atoms with van der Waals surface area (Å²) in [5.41, 5.74) is 6.72. The second-order valence-corrected chi connectivity index (χ2v) is 11.1. The van der Waals surface area contributed by atoms with Gasteiger partial charge in [0.25, 0.3) is 0 Å². The summed E-state index contributed by atoms with van der Waals surface area (Å²) in [5.74, 6) is 1.64. The number of hydrogen-bond donors (Lipinski definition) is 0. The number of para-hydroxylation sites is 2. The van der Waals surface area contributed by atoms with Crippen LogP contribution < -0.4 is 4.74 Å². The van der Waals surface area contributed by atoms with E-state index in [0.29, 0.717) is 6.61 Å². The number of nitrogens with zero attached hydrogens (tertiary/aromatic N) is 6. The van der Waals surface area contributed by atoms with Crippen LogP contribution in [-0.2, 0) is 6.61 Å². The molecule has 1 aliphatic rings. The van der Waals surface area contributed by atoms with Gasteiger partial charge < -0.3 is 4.74 Å². The van der Waals surface area contributed by atoms with Crippen molar-refractivity contribution in [3.63, 3.8) is 0 Å². The van der Waals surface area contributed by atoms with Gasteiger partial charge in [-0.05, 0) is 52.6 Å². The summed E-state index contributed by atoms with van der Waals surface area (Å²) in [6.45, 7) is 9.31. The molecule has 1 fully saturated rings. The highest BCUT2D eigenvalue weighted by molar-refractivity contribution is 5.49. The number of aryl methyl sites for hydroxylation is 2. The molecule has 0 N–H and O–H groups in total. The SMILES string of the molecule is Cc1cccc(C)c1-n1nnnc1[C@@H](c1ccccc1OCc1ccccc1)N1CCN(CC=Cc2ccccc2)CC1. The molecule has 1 saturated heterocycles. The molecule has 2 heterocycles. The van der Waals surface area contributed by atoms with E-state index < -0.39 is 0 Å². The highest BCUT2D eigenvalue weighted by Gasteiger charge is 2.33. The topological polar surface area (TPSA) is 59.3 Å². The lowest BCUT2D eigenvalue weighted by atomic mass is 10.0. The van der Waals surface area contributed by atoms with Crippen molar-refractivity contribution >= 4 is 6.08 Å². The maximum absolute atomic E-state index is 6.48. The van der Waals surface area contributed by atoms with Gasteiger partial charge in [0.2, 0.25) is 0 Å². The van der Waals surface area contributed by atoms with Crippen LogP contribution in [0, 0.1) is 13.8 Å². The Hall–Kier alpha value is -4.59. The fourth-order valence-electron chi connectivity index (χ4n) is 5.84. The molecule has 7 nitrogen and oxygen atoms in total. The quantitative estimate of drug-likeness (QED) is 0.197. The number of piperazine rings is 1. The Bertz CT molecular complexity index is 1620. The summed E-state index contributed by atoms with van der Waals surface area (Å²) in [7, 11) is 0. The minimum absolute atomic E-state index is 0.178. The first kappa shape index (κ1) is 28.5. The molecule has 0 saturated carbocycles. The van der Waals surface area contributed by atoms with Gasteiger partial charge in [-0.3, -0.25) is 9.80 Å². The number of aromatic nitrogens is 4. The van der Waals surface area contributed by atoms with E-state index in [4.69, 9.17) is 4.74 Å². The number of ether oxygens (including phenoxy) is 1. The zero-order chi connectivity index (χ0) is 29.4. The van der Waals surface area contributed by atoms with Gasteiger partial charge in [0, 0.05) is 38.3 Å². The molecule has 0 unspecified atom stereocenters. The minimum Gasteiger partial charge on any atom is -0.489 e. The molecular formula is C36H38N6O. The normalized spacial score (nSPS) is 15.1. The Morgan fingerprint density at radius 3 is 2.19 bits per heavy atom. The molecule has 5 aromatic rings. The summed E-state index contributed by atoms with van der Waals surface area (Å²) < 4.78 is 8.41. The van der Waals surface area contributed by atoms with Gasteiger partial charge >= 0.3 is 0 Å². The summed E-state index contributed by atoms with van der Waals surface area (Å²) in [6.07, 6.45) is 4.46. The standard InChI is InChI=1S/C36H38N6O/c1-28-13-11-14-29(2)34(28)42-36(37-38-39-42)35(32-20-9-10-21-33(32)43-27-31-17-7-4-8-18-31)41-25-23-40(24-26-41)22-12-19-30-15-5-3-6-16-30/h3-21,35H,22-27H2,1-2H3/t35-/m1/s1. The third kappa shape index (κ3) is 6.74. The monoisotopic (exact) mass is 570 g/mol. The minimum atomic E-state index is -0.178. The number of rotatable bonds is 10. The van der Waals surface area contributed by atoms with Crippen molar-refractivity contribution in [2.75, 3.05) is 32.7 Å². The zero-order valence-electron chi connectivity index (χ0n) is 24.9. The first-order valence-electron chi connectivity index (χ1n) is 15.0. The average Bonchev–Trinajstić information content (AvgIpc) is 3.51. The molecule has 1 aliphatic heterocycles. The smallest absolute Gasteiger partial charge is 0.178 e. The van der Waals surface area contributed by atoms with E-state index in [9.17, 15) is 0 Å². The Labute approximate surface area is 254 Å². The van der Waals surface area contributed by atoms with Crippen LogP contribution in [0.2, 0.25) is 0 Å². The molecular weight excluding hydrogens is 532 g/mol. The maximum Gasteiger partial charge on any atom is 0.178 e.